The molecule has 1 fully saturated rings. The molecule has 3 atom stereocenters. The van der Waals surface area contributed by atoms with Crippen molar-refractivity contribution in [3.05, 3.63) is 35.9 Å². The van der Waals surface area contributed by atoms with Gasteiger partial charge in [0, 0.05) is 11.7 Å². The van der Waals surface area contributed by atoms with Crippen LogP contribution in [0.15, 0.2) is 30.3 Å². The molecule has 0 radical (unpaired) electrons. The molecule has 0 saturated heterocycles. The molecule has 0 aliphatic heterocycles. The van der Waals surface area contributed by atoms with Gasteiger partial charge in [0.25, 0.3) is 0 Å². The first-order valence-corrected chi connectivity index (χ1v) is 9.53. The van der Waals surface area contributed by atoms with E-state index in [4.69, 9.17) is 4.74 Å². The number of nitrogens with one attached hydrogen (secondary N) is 1. The number of hydrogen-bond acceptors (Lipinski definition) is 5. The van der Waals surface area contributed by atoms with Crippen molar-refractivity contribution < 1.29 is 22.7 Å². The lowest BCUT2D eigenvalue weighted by atomic mass is 10.1. The molecule has 0 spiro atoms. The molecule has 2 rings (SSSR count). The molecule has 0 bridgehead atoms. The summed E-state index contributed by atoms with van der Waals surface area (Å²) in [7, 11) is -3.53. The van der Waals surface area contributed by atoms with Crippen LogP contribution in [-0.2, 0) is 19.4 Å². The number of ether oxygens (including phenoxy) is 1. The number of amides is 1. The second-order valence-corrected chi connectivity index (χ2v) is 9.35. The van der Waals surface area contributed by atoms with Crippen LogP contribution in [0, 0.1) is 0 Å². The van der Waals surface area contributed by atoms with Crippen molar-refractivity contribution in [3.8, 4) is 0 Å². The minimum Gasteiger partial charge on any atom is -0.444 e. The fraction of sp³-hybridized carbons (Fsp3) is 0.529. The zero-order valence-corrected chi connectivity index (χ0v) is 15.1. The summed E-state index contributed by atoms with van der Waals surface area (Å²) in [6.07, 6.45) is -0.281. The van der Waals surface area contributed by atoms with E-state index in [-0.39, 0.29) is 5.75 Å². The van der Waals surface area contributed by atoms with E-state index in [2.05, 4.69) is 5.32 Å². The topological polar surface area (TPSA) is 89.5 Å². The van der Waals surface area contributed by atoms with Crippen LogP contribution in [0.3, 0.4) is 0 Å². The van der Waals surface area contributed by atoms with E-state index in [1.165, 1.54) is 6.92 Å². The summed E-state index contributed by atoms with van der Waals surface area (Å²) in [6.45, 7) is 6.62. The van der Waals surface area contributed by atoms with E-state index in [1.54, 1.807) is 51.1 Å². The summed E-state index contributed by atoms with van der Waals surface area (Å²) >= 11 is 0. The van der Waals surface area contributed by atoms with Gasteiger partial charge in [-0.25, -0.2) is 13.2 Å². The van der Waals surface area contributed by atoms with Gasteiger partial charge in [-0.05, 0) is 26.3 Å². The van der Waals surface area contributed by atoms with Crippen molar-refractivity contribution in [2.45, 2.75) is 50.0 Å². The standard InChI is InChI=1S/C17H23NO5S/c1-5-24(21,22)14-13(12-9-7-6-8-10-12)17(14,11-19)18-15(20)23-16(2,3)4/h6-11,13-14H,5H2,1-4H3,(H,18,20)/t13-,14+,17+/m0/s1. The third-order valence-electron chi connectivity index (χ3n) is 4.04. The van der Waals surface area contributed by atoms with Crippen LogP contribution < -0.4 is 5.32 Å². The van der Waals surface area contributed by atoms with Crippen LogP contribution in [-0.4, -0.2) is 42.9 Å². The Morgan fingerprint density at radius 1 is 1.29 bits per heavy atom. The maximum Gasteiger partial charge on any atom is 0.408 e. The predicted octanol–water partition coefficient (Wildman–Crippen LogP) is 2.05. The van der Waals surface area contributed by atoms with Crippen LogP contribution >= 0.6 is 0 Å². The highest BCUT2D eigenvalue weighted by molar-refractivity contribution is 7.92. The van der Waals surface area contributed by atoms with Crippen LogP contribution in [0.5, 0.6) is 0 Å². The molecular weight excluding hydrogens is 330 g/mol. The summed E-state index contributed by atoms with van der Waals surface area (Å²) in [6, 6.07) is 8.85. The number of alkyl carbamates (subject to hydrolysis) is 1. The first-order chi connectivity index (χ1) is 11.1. The highest BCUT2D eigenvalue weighted by Crippen LogP contribution is 2.55. The monoisotopic (exact) mass is 353 g/mol. The summed E-state index contributed by atoms with van der Waals surface area (Å²) < 4.78 is 30.1. The first kappa shape index (κ1) is 18.4. The Morgan fingerprint density at radius 2 is 1.88 bits per heavy atom. The second kappa shape index (κ2) is 6.20. The van der Waals surface area contributed by atoms with E-state index in [1.807, 2.05) is 0 Å². The fourth-order valence-electron chi connectivity index (χ4n) is 2.97. The van der Waals surface area contributed by atoms with Gasteiger partial charge in [0.15, 0.2) is 9.84 Å². The molecule has 1 aliphatic rings. The zero-order chi connectivity index (χ0) is 18.2. The van der Waals surface area contributed by atoms with Crippen molar-refractivity contribution in [1.82, 2.24) is 5.32 Å². The number of hydrogen-bond donors (Lipinski definition) is 1. The van der Waals surface area contributed by atoms with Crippen LogP contribution in [0.1, 0.15) is 39.2 Å². The van der Waals surface area contributed by atoms with E-state index in [0.29, 0.717) is 11.8 Å². The van der Waals surface area contributed by atoms with Gasteiger partial charge in [0.05, 0.1) is 0 Å². The number of aldehydes is 1. The summed E-state index contributed by atoms with van der Waals surface area (Å²) in [5, 5.41) is 1.52. The summed E-state index contributed by atoms with van der Waals surface area (Å²) in [5.74, 6) is -0.722. The Hall–Kier alpha value is -1.89. The molecule has 1 amide bonds. The molecule has 1 aromatic carbocycles. The normalized spacial score (nSPS) is 26.5. The van der Waals surface area contributed by atoms with E-state index in [9.17, 15) is 18.0 Å². The first-order valence-electron chi connectivity index (χ1n) is 7.81. The molecular formula is C17H23NO5S. The Bertz CT molecular complexity index is 723. The molecule has 7 heteroatoms. The molecule has 1 aliphatic carbocycles. The third kappa shape index (κ3) is 3.45. The third-order valence-corrected chi connectivity index (χ3v) is 6.28. The lowest BCUT2D eigenvalue weighted by Crippen LogP contribution is -2.45. The Kier molecular flexibility index (Phi) is 4.77. The number of sulfone groups is 1. The molecule has 1 aromatic rings. The van der Waals surface area contributed by atoms with Crippen LogP contribution in [0.2, 0.25) is 0 Å². The highest BCUT2D eigenvalue weighted by Gasteiger charge is 2.72. The van der Waals surface area contributed by atoms with Gasteiger partial charge in [-0.1, -0.05) is 37.3 Å². The fourth-order valence-corrected chi connectivity index (χ4v) is 4.90. The largest absolute Gasteiger partial charge is 0.444 e. The van der Waals surface area contributed by atoms with Gasteiger partial charge in [-0.3, -0.25) is 0 Å². The second-order valence-electron chi connectivity index (χ2n) is 6.94. The Balaban J connectivity index is 2.38. The van der Waals surface area contributed by atoms with Crippen molar-refractivity contribution >= 4 is 22.2 Å². The molecule has 0 unspecified atom stereocenters. The molecule has 6 nitrogen and oxygen atoms in total. The smallest absolute Gasteiger partial charge is 0.408 e. The number of benzene rings is 1. The average molecular weight is 353 g/mol. The average Bonchev–Trinajstić information content (AvgIpc) is 3.16. The van der Waals surface area contributed by atoms with Gasteiger partial charge in [0.1, 0.15) is 22.7 Å². The molecule has 1 N–H and O–H groups in total. The van der Waals surface area contributed by atoms with Crippen molar-refractivity contribution in [3.63, 3.8) is 0 Å². The molecule has 24 heavy (non-hydrogen) atoms. The van der Waals surface area contributed by atoms with Gasteiger partial charge in [0.2, 0.25) is 0 Å². The predicted molar refractivity (Wildman–Crippen MR) is 90.6 cm³/mol. The Morgan fingerprint density at radius 3 is 2.33 bits per heavy atom. The highest BCUT2D eigenvalue weighted by atomic mass is 32.2. The van der Waals surface area contributed by atoms with E-state index in [0.717, 1.165) is 0 Å². The van der Waals surface area contributed by atoms with Crippen molar-refractivity contribution in [2.24, 2.45) is 0 Å². The maximum atomic E-state index is 12.4. The van der Waals surface area contributed by atoms with Crippen molar-refractivity contribution in [2.75, 3.05) is 5.75 Å². The maximum absolute atomic E-state index is 12.4. The van der Waals surface area contributed by atoms with Gasteiger partial charge in [-0.2, -0.15) is 0 Å². The summed E-state index contributed by atoms with van der Waals surface area (Å²) in [4.78, 5) is 23.9. The molecule has 0 heterocycles. The van der Waals surface area contributed by atoms with Crippen LogP contribution in [0.25, 0.3) is 0 Å². The van der Waals surface area contributed by atoms with Gasteiger partial charge in [-0.15, -0.1) is 0 Å². The van der Waals surface area contributed by atoms with Gasteiger partial charge < -0.3 is 14.8 Å². The molecule has 132 valence electrons. The zero-order valence-electron chi connectivity index (χ0n) is 14.3. The Labute approximate surface area is 142 Å². The number of carbonyl (C=O) groups excluding carboxylic acids is 2. The number of carbonyl (C=O) groups is 2. The SMILES string of the molecule is CCS(=O)(=O)[C@@H]1[C@H](c2ccccc2)[C@@]1(C=O)NC(=O)OC(C)(C)C. The quantitative estimate of drug-likeness (QED) is 0.818. The van der Waals surface area contributed by atoms with E-state index < -0.39 is 38.2 Å². The number of rotatable bonds is 5. The minimum absolute atomic E-state index is 0.105. The molecule has 1 saturated carbocycles. The van der Waals surface area contributed by atoms with E-state index >= 15 is 0 Å². The van der Waals surface area contributed by atoms with Gasteiger partial charge >= 0.3 is 6.09 Å². The lowest BCUT2D eigenvalue weighted by Gasteiger charge is -2.22. The lowest BCUT2D eigenvalue weighted by molar-refractivity contribution is -0.110. The van der Waals surface area contributed by atoms with Crippen LogP contribution in [0.4, 0.5) is 4.79 Å². The molecule has 0 aromatic heterocycles. The minimum atomic E-state index is -3.53. The summed E-state index contributed by atoms with van der Waals surface area (Å²) in [5.41, 5.74) is -1.54. The van der Waals surface area contributed by atoms with Crippen molar-refractivity contribution in [1.29, 1.82) is 0 Å².